The molecule has 4 nitrogen and oxygen atoms in total. The summed E-state index contributed by atoms with van der Waals surface area (Å²) in [4.78, 5) is 11.5. The van der Waals surface area contributed by atoms with Crippen molar-refractivity contribution in [3.8, 4) is 5.75 Å². The van der Waals surface area contributed by atoms with Gasteiger partial charge in [0.1, 0.15) is 5.75 Å². The Morgan fingerprint density at radius 3 is 2.62 bits per heavy atom. The number of alkyl halides is 3. The van der Waals surface area contributed by atoms with Gasteiger partial charge in [-0.05, 0) is 37.7 Å². The third-order valence-electron chi connectivity index (χ3n) is 2.93. The Balaban J connectivity index is 2.72. The maximum absolute atomic E-state index is 13.0. The van der Waals surface area contributed by atoms with Gasteiger partial charge in [0.05, 0.1) is 12.7 Å². The third-order valence-corrected chi connectivity index (χ3v) is 2.93. The van der Waals surface area contributed by atoms with E-state index in [2.05, 4.69) is 10.6 Å². The molecule has 0 spiro atoms. The van der Waals surface area contributed by atoms with Crippen molar-refractivity contribution in [3.05, 3.63) is 29.3 Å². The molecule has 2 N–H and O–H groups in total. The Labute approximate surface area is 121 Å². The number of nitrogens with one attached hydrogen (secondary N) is 2. The molecule has 0 radical (unpaired) electrons. The van der Waals surface area contributed by atoms with Gasteiger partial charge in [0.25, 0.3) is 0 Å². The van der Waals surface area contributed by atoms with Gasteiger partial charge in [0.15, 0.2) is 0 Å². The molecule has 0 aliphatic heterocycles. The maximum Gasteiger partial charge on any atom is 0.416 e. The van der Waals surface area contributed by atoms with Crippen LogP contribution in [0.2, 0.25) is 0 Å². The summed E-state index contributed by atoms with van der Waals surface area (Å²) < 4.78 is 43.7. The SMILES string of the molecule is CNCCCC(=O)NCc1ccc(OC)cc1C(F)(F)F. The van der Waals surface area contributed by atoms with Gasteiger partial charge in [0, 0.05) is 13.0 Å². The van der Waals surface area contributed by atoms with Crippen molar-refractivity contribution >= 4 is 5.91 Å². The fourth-order valence-electron chi connectivity index (χ4n) is 1.81. The van der Waals surface area contributed by atoms with Gasteiger partial charge in [0.2, 0.25) is 5.91 Å². The highest BCUT2D eigenvalue weighted by Gasteiger charge is 2.33. The van der Waals surface area contributed by atoms with E-state index in [4.69, 9.17) is 4.74 Å². The number of amides is 1. The fraction of sp³-hybridized carbons (Fsp3) is 0.500. The van der Waals surface area contributed by atoms with Crippen molar-refractivity contribution < 1.29 is 22.7 Å². The van der Waals surface area contributed by atoms with Gasteiger partial charge in [-0.2, -0.15) is 13.2 Å². The van der Waals surface area contributed by atoms with Crippen molar-refractivity contribution in [3.63, 3.8) is 0 Å². The second-order valence-electron chi connectivity index (χ2n) is 4.50. The molecule has 0 saturated carbocycles. The first-order valence-corrected chi connectivity index (χ1v) is 6.54. The molecule has 0 unspecified atom stereocenters. The summed E-state index contributed by atoms with van der Waals surface area (Å²) in [5.41, 5.74) is -0.775. The lowest BCUT2D eigenvalue weighted by Crippen LogP contribution is -2.25. The monoisotopic (exact) mass is 304 g/mol. The molecule has 0 aliphatic rings. The average molecular weight is 304 g/mol. The van der Waals surface area contributed by atoms with Crippen LogP contribution in [-0.2, 0) is 17.5 Å². The van der Waals surface area contributed by atoms with Gasteiger partial charge in [-0.25, -0.2) is 0 Å². The van der Waals surface area contributed by atoms with Crippen LogP contribution in [0.5, 0.6) is 5.75 Å². The van der Waals surface area contributed by atoms with Crippen molar-refractivity contribution in [1.29, 1.82) is 0 Å². The number of methoxy groups -OCH3 is 1. The van der Waals surface area contributed by atoms with E-state index in [1.165, 1.54) is 19.2 Å². The highest BCUT2D eigenvalue weighted by atomic mass is 19.4. The molecule has 7 heteroatoms. The first-order valence-electron chi connectivity index (χ1n) is 6.54. The molecule has 21 heavy (non-hydrogen) atoms. The molecule has 0 bridgehead atoms. The van der Waals surface area contributed by atoms with Crippen molar-refractivity contribution in [2.24, 2.45) is 0 Å². The molecule has 118 valence electrons. The van der Waals surface area contributed by atoms with Gasteiger partial charge < -0.3 is 15.4 Å². The summed E-state index contributed by atoms with van der Waals surface area (Å²) in [5.74, 6) is -0.138. The Kier molecular flexibility index (Phi) is 6.48. The zero-order valence-electron chi connectivity index (χ0n) is 12.0. The summed E-state index contributed by atoms with van der Waals surface area (Å²) in [5, 5.41) is 5.40. The molecule has 0 aliphatic carbocycles. The topological polar surface area (TPSA) is 50.4 Å². The number of hydrogen-bond donors (Lipinski definition) is 2. The highest BCUT2D eigenvalue weighted by molar-refractivity contribution is 5.75. The predicted molar refractivity (Wildman–Crippen MR) is 73.0 cm³/mol. The van der Waals surface area contributed by atoms with E-state index in [-0.39, 0.29) is 30.2 Å². The average Bonchev–Trinajstić information content (AvgIpc) is 2.44. The summed E-state index contributed by atoms with van der Waals surface area (Å²) in [6.07, 6.45) is -3.57. The second-order valence-corrected chi connectivity index (χ2v) is 4.50. The Bertz CT molecular complexity index is 476. The minimum absolute atomic E-state index is 0.0188. The van der Waals surface area contributed by atoms with E-state index in [0.717, 1.165) is 6.07 Å². The smallest absolute Gasteiger partial charge is 0.416 e. The van der Waals surface area contributed by atoms with E-state index in [1.807, 2.05) is 0 Å². The number of carbonyl (C=O) groups excluding carboxylic acids is 1. The van der Waals surface area contributed by atoms with Crippen LogP contribution in [0, 0.1) is 0 Å². The molecule has 1 aromatic rings. The van der Waals surface area contributed by atoms with Crippen LogP contribution in [0.15, 0.2) is 18.2 Å². The zero-order valence-corrected chi connectivity index (χ0v) is 12.0. The normalized spacial score (nSPS) is 11.3. The van der Waals surface area contributed by atoms with Crippen LogP contribution in [-0.4, -0.2) is 26.6 Å². The van der Waals surface area contributed by atoms with Crippen molar-refractivity contribution in [2.45, 2.75) is 25.6 Å². The first-order chi connectivity index (χ1) is 9.88. The van der Waals surface area contributed by atoms with Crippen LogP contribution in [0.3, 0.4) is 0 Å². The lowest BCUT2D eigenvalue weighted by molar-refractivity contribution is -0.138. The number of rotatable bonds is 7. The lowest BCUT2D eigenvalue weighted by Gasteiger charge is -2.15. The molecule has 0 atom stereocenters. The molecular formula is C14H19F3N2O2. The minimum Gasteiger partial charge on any atom is -0.497 e. The van der Waals surface area contributed by atoms with E-state index < -0.39 is 11.7 Å². The van der Waals surface area contributed by atoms with Crippen molar-refractivity contribution in [2.75, 3.05) is 20.7 Å². The quantitative estimate of drug-likeness (QED) is 0.760. The van der Waals surface area contributed by atoms with Crippen LogP contribution in [0.4, 0.5) is 13.2 Å². The number of carbonyl (C=O) groups is 1. The molecule has 0 aromatic heterocycles. The van der Waals surface area contributed by atoms with Crippen LogP contribution in [0.1, 0.15) is 24.0 Å². The molecule has 0 heterocycles. The molecule has 1 aromatic carbocycles. The summed E-state index contributed by atoms with van der Waals surface area (Å²) in [6, 6.07) is 3.69. The summed E-state index contributed by atoms with van der Waals surface area (Å²) >= 11 is 0. The molecule has 1 amide bonds. The second kappa shape index (κ2) is 7.87. The third kappa shape index (κ3) is 5.63. The van der Waals surface area contributed by atoms with E-state index in [1.54, 1.807) is 7.05 Å². The number of halogens is 3. The maximum atomic E-state index is 13.0. The highest BCUT2D eigenvalue weighted by Crippen LogP contribution is 2.34. The van der Waals surface area contributed by atoms with E-state index in [9.17, 15) is 18.0 Å². The van der Waals surface area contributed by atoms with E-state index in [0.29, 0.717) is 13.0 Å². The largest absolute Gasteiger partial charge is 0.497 e. The van der Waals surface area contributed by atoms with Crippen LogP contribution < -0.4 is 15.4 Å². The van der Waals surface area contributed by atoms with Crippen molar-refractivity contribution in [1.82, 2.24) is 10.6 Å². The molecule has 0 saturated heterocycles. The standard InChI is InChI=1S/C14H19F3N2O2/c1-18-7-3-4-13(20)19-9-10-5-6-11(21-2)8-12(10)14(15,16)17/h5-6,8,18H,3-4,7,9H2,1-2H3,(H,19,20). The molecule has 0 fully saturated rings. The lowest BCUT2D eigenvalue weighted by atomic mass is 10.1. The van der Waals surface area contributed by atoms with Crippen LogP contribution in [0.25, 0.3) is 0 Å². The Morgan fingerprint density at radius 2 is 2.05 bits per heavy atom. The molecule has 1 rings (SSSR count). The number of benzene rings is 1. The van der Waals surface area contributed by atoms with Gasteiger partial charge in [-0.15, -0.1) is 0 Å². The van der Waals surface area contributed by atoms with Gasteiger partial charge >= 0.3 is 6.18 Å². The minimum atomic E-state index is -4.49. The summed E-state index contributed by atoms with van der Waals surface area (Å²) in [7, 11) is 3.07. The first kappa shape index (κ1) is 17.3. The predicted octanol–water partition coefficient (Wildman–Crippen LogP) is 2.33. The number of hydrogen-bond acceptors (Lipinski definition) is 3. The van der Waals surface area contributed by atoms with Crippen LogP contribution >= 0.6 is 0 Å². The zero-order chi connectivity index (χ0) is 15.9. The van der Waals surface area contributed by atoms with E-state index >= 15 is 0 Å². The number of ether oxygens (including phenoxy) is 1. The Morgan fingerprint density at radius 1 is 1.33 bits per heavy atom. The summed E-state index contributed by atoms with van der Waals surface area (Å²) in [6.45, 7) is 0.529. The fourth-order valence-corrected chi connectivity index (χ4v) is 1.81. The molecular weight excluding hydrogens is 285 g/mol. The Hall–Kier alpha value is -1.76. The van der Waals surface area contributed by atoms with Gasteiger partial charge in [-0.1, -0.05) is 6.07 Å². The van der Waals surface area contributed by atoms with Gasteiger partial charge in [-0.3, -0.25) is 4.79 Å².